The minimum atomic E-state index is -0.832. The molecule has 2 atom stereocenters. The Bertz CT molecular complexity index is 730. The van der Waals surface area contributed by atoms with Gasteiger partial charge in [0.15, 0.2) is 0 Å². The van der Waals surface area contributed by atoms with Crippen molar-refractivity contribution >= 4 is 23.5 Å². The summed E-state index contributed by atoms with van der Waals surface area (Å²) in [7, 11) is 0. The lowest BCUT2D eigenvalue weighted by Gasteiger charge is -2.34. The van der Waals surface area contributed by atoms with Crippen molar-refractivity contribution in [1.29, 1.82) is 0 Å². The number of amides is 4. The monoisotopic (exact) mass is 345 g/mol. The molecule has 0 aromatic heterocycles. The molecular formula is C17H19N3O5. The number of hydrogen-bond acceptors (Lipinski definition) is 5. The molecule has 0 spiro atoms. The highest BCUT2D eigenvalue weighted by Gasteiger charge is 2.48. The second kappa shape index (κ2) is 6.62. The normalized spacial score (nSPS) is 24.1. The van der Waals surface area contributed by atoms with Gasteiger partial charge in [0.1, 0.15) is 0 Å². The van der Waals surface area contributed by atoms with Crippen LogP contribution in [0.1, 0.15) is 38.2 Å². The highest BCUT2D eigenvalue weighted by atomic mass is 16.6. The minimum absolute atomic E-state index is 0.0704. The van der Waals surface area contributed by atoms with Gasteiger partial charge in [-0.15, -0.1) is 0 Å². The quantitative estimate of drug-likeness (QED) is 0.361. The Balaban J connectivity index is 1.78. The number of non-ortho nitro benzene ring substituents is 1. The third kappa shape index (κ3) is 3.11. The summed E-state index contributed by atoms with van der Waals surface area (Å²) in [6.07, 6.45) is 3.65. The molecule has 2 aliphatic rings. The Morgan fingerprint density at radius 2 is 1.72 bits per heavy atom. The summed E-state index contributed by atoms with van der Waals surface area (Å²) in [6.45, 7) is 1.92. The van der Waals surface area contributed by atoms with Gasteiger partial charge < -0.3 is 0 Å². The molecule has 1 aromatic rings. The molecular weight excluding hydrogens is 326 g/mol. The number of hydrogen-bond donors (Lipinski definition) is 0. The molecule has 8 heteroatoms. The van der Waals surface area contributed by atoms with Gasteiger partial charge in [-0.1, -0.05) is 31.9 Å². The Hall–Kier alpha value is -2.77. The summed E-state index contributed by atoms with van der Waals surface area (Å²) in [4.78, 5) is 49.4. The number of imide groups is 2. The van der Waals surface area contributed by atoms with Gasteiger partial charge in [-0.25, -0.2) is 4.79 Å². The largest absolute Gasteiger partial charge is 0.334 e. The van der Waals surface area contributed by atoms with Crippen molar-refractivity contribution < 1.29 is 19.3 Å². The van der Waals surface area contributed by atoms with E-state index in [-0.39, 0.29) is 24.2 Å². The van der Waals surface area contributed by atoms with Gasteiger partial charge in [0, 0.05) is 18.2 Å². The van der Waals surface area contributed by atoms with E-state index in [1.54, 1.807) is 0 Å². The molecule has 4 amide bonds. The number of benzene rings is 1. The maximum Gasteiger partial charge on any atom is 0.334 e. The fourth-order valence-corrected chi connectivity index (χ4v) is 3.54. The van der Waals surface area contributed by atoms with E-state index in [1.165, 1.54) is 24.3 Å². The van der Waals surface area contributed by atoms with Crippen molar-refractivity contribution in [3.63, 3.8) is 0 Å². The van der Waals surface area contributed by atoms with Gasteiger partial charge in [0.05, 0.1) is 11.5 Å². The van der Waals surface area contributed by atoms with Gasteiger partial charge >= 0.3 is 17.8 Å². The zero-order valence-corrected chi connectivity index (χ0v) is 13.9. The van der Waals surface area contributed by atoms with E-state index in [2.05, 4.69) is 0 Å². The zero-order chi connectivity index (χ0) is 18.1. The Kier molecular flexibility index (Phi) is 4.52. The maximum atomic E-state index is 12.7. The van der Waals surface area contributed by atoms with Crippen LogP contribution in [0.25, 0.3) is 0 Å². The molecule has 0 radical (unpaired) electrons. The van der Waals surface area contributed by atoms with E-state index in [0.717, 1.165) is 35.5 Å². The maximum absolute atomic E-state index is 12.7. The molecule has 25 heavy (non-hydrogen) atoms. The summed E-state index contributed by atoms with van der Waals surface area (Å²) >= 11 is 0. The molecule has 0 bridgehead atoms. The summed E-state index contributed by atoms with van der Waals surface area (Å²) in [5.41, 5.74) is 0.482. The Morgan fingerprint density at radius 3 is 2.32 bits per heavy atom. The number of nitrogens with zero attached hydrogens (tertiary/aromatic N) is 3. The minimum Gasteiger partial charge on any atom is -0.263 e. The fraction of sp³-hybridized carbons (Fsp3) is 0.471. The average Bonchev–Trinajstić information content (AvgIpc) is 2.80. The van der Waals surface area contributed by atoms with Crippen LogP contribution in [-0.4, -0.2) is 38.6 Å². The van der Waals surface area contributed by atoms with Crippen molar-refractivity contribution in [3.05, 3.63) is 39.9 Å². The lowest BCUT2D eigenvalue weighted by atomic mass is 9.85. The van der Waals surface area contributed by atoms with Crippen LogP contribution < -0.4 is 0 Å². The number of carbonyl (C=O) groups excluding carboxylic acids is 3. The number of urea groups is 1. The van der Waals surface area contributed by atoms with Crippen molar-refractivity contribution in [2.75, 3.05) is 0 Å². The predicted molar refractivity (Wildman–Crippen MR) is 87.3 cm³/mol. The van der Waals surface area contributed by atoms with Crippen molar-refractivity contribution in [1.82, 2.24) is 9.80 Å². The first-order chi connectivity index (χ1) is 11.9. The second-order valence-electron chi connectivity index (χ2n) is 6.60. The molecule has 0 unspecified atom stereocenters. The predicted octanol–water partition coefficient (Wildman–Crippen LogP) is 2.46. The van der Waals surface area contributed by atoms with E-state index in [4.69, 9.17) is 0 Å². The smallest absolute Gasteiger partial charge is 0.263 e. The summed E-state index contributed by atoms with van der Waals surface area (Å²) in [5, 5.41) is 10.7. The third-order valence-corrected chi connectivity index (χ3v) is 4.97. The van der Waals surface area contributed by atoms with Crippen LogP contribution in [0.5, 0.6) is 0 Å². The molecule has 3 rings (SSSR count). The Labute approximate surface area is 144 Å². The van der Waals surface area contributed by atoms with Crippen LogP contribution in [0.4, 0.5) is 10.5 Å². The van der Waals surface area contributed by atoms with Gasteiger partial charge in [-0.05, 0) is 24.3 Å². The first kappa shape index (κ1) is 17.1. The van der Waals surface area contributed by atoms with Crippen LogP contribution in [0.2, 0.25) is 0 Å². The molecule has 8 nitrogen and oxygen atoms in total. The Morgan fingerprint density at radius 1 is 1.08 bits per heavy atom. The first-order valence-corrected chi connectivity index (χ1v) is 8.32. The molecule has 1 saturated carbocycles. The number of nitro groups is 1. The highest BCUT2D eigenvalue weighted by molar-refractivity contribution is 6.44. The van der Waals surface area contributed by atoms with Crippen LogP contribution in [-0.2, 0) is 16.1 Å². The zero-order valence-electron chi connectivity index (χ0n) is 13.9. The van der Waals surface area contributed by atoms with Crippen molar-refractivity contribution in [3.8, 4) is 0 Å². The van der Waals surface area contributed by atoms with E-state index >= 15 is 0 Å². The first-order valence-electron chi connectivity index (χ1n) is 8.32. The molecule has 0 N–H and O–H groups in total. The lowest BCUT2D eigenvalue weighted by Crippen LogP contribution is -2.46. The molecule has 1 saturated heterocycles. The number of nitro benzene ring substituents is 1. The van der Waals surface area contributed by atoms with Gasteiger partial charge in [-0.2, -0.15) is 0 Å². The topological polar surface area (TPSA) is 101 Å². The van der Waals surface area contributed by atoms with E-state index in [1.807, 2.05) is 6.92 Å². The van der Waals surface area contributed by atoms with Crippen LogP contribution in [0, 0.1) is 16.0 Å². The van der Waals surface area contributed by atoms with Gasteiger partial charge in [-0.3, -0.25) is 29.5 Å². The van der Waals surface area contributed by atoms with Crippen molar-refractivity contribution in [2.24, 2.45) is 5.92 Å². The van der Waals surface area contributed by atoms with Gasteiger partial charge in [0.2, 0.25) is 0 Å². The molecule has 132 valence electrons. The second-order valence-corrected chi connectivity index (χ2v) is 6.60. The van der Waals surface area contributed by atoms with E-state index in [0.29, 0.717) is 5.56 Å². The fourth-order valence-electron chi connectivity index (χ4n) is 3.54. The molecule has 2 fully saturated rings. The molecule has 1 aliphatic heterocycles. The van der Waals surface area contributed by atoms with Crippen LogP contribution >= 0.6 is 0 Å². The van der Waals surface area contributed by atoms with Crippen LogP contribution in [0.3, 0.4) is 0 Å². The number of carbonyl (C=O) groups is 3. The van der Waals surface area contributed by atoms with Crippen LogP contribution in [0.15, 0.2) is 24.3 Å². The van der Waals surface area contributed by atoms with E-state index < -0.39 is 22.8 Å². The third-order valence-electron chi connectivity index (χ3n) is 4.97. The lowest BCUT2D eigenvalue weighted by molar-refractivity contribution is -0.384. The SMILES string of the molecule is C[C@H]1CCCC[C@H]1N1C(=O)C(=O)N(Cc2ccc([N+](=O)[O-])cc2)C1=O. The molecule has 1 heterocycles. The number of rotatable bonds is 4. The molecule has 1 aromatic carbocycles. The van der Waals surface area contributed by atoms with Crippen molar-refractivity contribution in [2.45, 2.75) is 45.2 Å². The summed E-state index contributed by atoms with van der Waals surface area (Å²) in [5.74, 6) is -1.43. The van der Waals surface area contributed by atoms with E-state index in [9.17, 15) is 24.5 Å². The van der Waals surface area contributed by atoms with Gasteiger partial charge in [0.25, 0.3) is 5.69 Å². The molecule has 1 aliphatic carbocycles. The average molecular weight is 345 g/mol. The summed E-state index contributed by atoms with van der Waals surface area (Å²) in [6, 6.07) is 4.75. The standard InChI is InChI=1S/C17H19N3O5/c1-11-4-2-3-5-14(11)19-16(22)15(21)18(17(19)23)10-12-6-8-13(9-7-12)20(24)25/h6-9,11,14H,2-5,10H2,1H3/t11-,14+/m0/s1. The highest BCUT2D eigenvalue weighted by Crippen LogP contribution is 2.31. The summed E-state index contributed by atoms with van der Waals surface area (Å²) < 4.78 is 0.